The van der Waals surface area contributed by atoms with Gasteiger partial charge in [0.1, 0.15) is 10.2 Å². The van der Waals surface area contributed by atoms with Gasteiger partial charge in [-0.15, -0.1) is 11.3 Å². The number of morpholine rings is 1. The Morgan fingerprint density at radius 3 is 2.82 bits per heavy atom. The SMILES string of the molecule is N#Cc1ccccc1Cn1c(N2CCCC(N)C2)nc2c(C(=O)N3CCOCC3)csc2c1=O. The molecule has 2 aliphatic heterocycles. The summed E-state index contributed by atoms with van der Waals surface area (Å²) in [5.41, 5.74) is 8.19. The third-order valence-corrected chi connectivity index (χ3v) is 7.35. The van der Waals surface area contributed by atoms with Crippen molar-refractivity contribution in [2.75, 3.05) is 44.3 Å². The molecule has 1 aromatic carbocycles. The Morgan fingerprint density at radius 1 is 1.26 bits per heavy atom. The smallest absolute Gasteiger partial charge is 0.273 e. The number of hydrogen-bond acceptors (Lipinski definition) is 8. The number of hydrogen-bond donors (Lipinski definition) is 1. The average Bonchev–Trinajstić information content (AvgIpc) is 3.30. The molecule has 0 spiro atoms. The van der Waals surface area contributed by atoms with Crippen LogP contribution in [0.1, 0.15) is 34.3 Å². The highest BCUT2D eigenvalue weighted by Crippen LogP contribution is 2.27. The molecule has 2 aromatic heterocycles. The predicted octanol–water partition coefficient (Wildman–Crippen LogP) is 1.78. The molecule has 2 aliphatic rings. The van der Waals surface area contributed by atoms with E-state index in [2.05, 4.69) is 6.07 Å². The van der Waals surface area contributed by atoms with Gasteiger partial charge in [0, 0.05) is 37.6 Å². The molecular weight excluding hydrogens is 452 g/mol. The lowest BCUT2D eigenvalue weighted by atomic mass is 10.1. The highest BCUT2D eigenvalue weighted by molar-refractivity contribution is 7.17. The van der Waals surface area contributed by atoms with E-state index in [0.29, 0.717) is 60.1 Å². The summed E-state index contributed by atoms with van der Waals surface area (Å²) in [7, 11) is 0. The molecule has 34 heavy (non-hydrogen) atoms. The standard InChI is InChI=1S/C24H26N6O3S/c25-12-16-4-1-2-5-17(16)13-30-23(32)21-20(27-24(30)29-7-3-6-18(26)14-29)19(15-34-21)22(31)28-8-10-33-11-9-28/h1-2,4-5,15,18H,3,6-11,13-14,26H2. The number of carbonyl (C=O) groups excluding carboxylic acids is 1. The molecule has 176 valence electrons. The lowest BCUT2D eigenvalue weighted by molar-refractivity contribution is 0.0304. The van der Waals surface area contributed by atoms with E-state index in [-0.39, 0.29) is 24.1 Å². The molecule has 0 aliphatic carbocycles. The number of aromatic nitrogens is 2. The molecular formula is C24H26N6O3S. The molecule has 0 saturated carbocycles. The number of thiophene rings is 1. The molecule has 10 heteroatoms. The summed E-state index contributed by atoms with van der Waals surface area (Å²) >= 11 is 1.24. The lowest BCUT2D eigenvalue weighted by Crippen LogP contribution is -2.45. The van der Waals surface area contributed by atoms with Gasteiger partial charge in [0.25, 0.3) is 11.5 Å². The molecule has 0 radical (unpaired) electrons. The van der Waals surface area contributed by atoms with Gasteiger partial charge >= 0.3 is 0 Å². The van der Waals surface area contributed by atoms with Crippen molar-refractivity contribution in [3.8, 4) is 6.07 Å². The highest BCUT2D eigenvalue weighted by atomic mass is 32.1. The van der Waals surface area contributed by atoms with Crippen molar-refractivity contribution in [1.82, 2.24) is 14.5 Å². The van der Waals surface area contributed by atoms with Crippen LogP contribution in [0.2, 0.25) is 0 Å². The van der Waals surface area contributed by atoms with Crippen molar-refractivity contribution in [2.24, 2.45) is 5.73 Å². The molecule has 3 aromatic rings. The van der Waals surface area contributed by atoms with Gasteiger partial charge in [-0.25, -0.2) is 4.98 Å². The van der Waals surface area contributed by atoms with Gasteiger partial charge in [0.2, 0.25) is 5.95 Å². The van der Waals surface area contributed by atoms with E-state index < -0.39 is 0 Å². The number of nitrogens with two attached hydrogens (primary N) is 1. The Kier molecular flexibility index (Phi) is 6.32. The van der Waals surface area contributed by atoms with E-state index in [1.54, 1.807) is 27.0 Å². The van der Waals surface area contributed by atoms with Gasteiger partial charge in [-0.2, -0.15) is 5.26 Å². The number of ether oxygens (including phenoxy) is 1. The molecule has 0 bridgehead atoms. The van der Waals surface area contributed by atoms with Crippen molar-refractivity contribution in [3.05, 3.63) is 56.7 Å². The fourth-order valence-electron chi connectivity index (χ4n) is 4.59. The molecule has 5 rings (SSSR count). The van der Waals surface area contributed by atoms with Gasteiger partial charge in [-0.1, -0.05) is 18.2 Å². The minimum absolute atomic E-state index is 0.0156. The topological polar surface area (TPSA) is 117 Å². The number of nitrogens with zero attached hydrogens (tertiary/aromatic N) is 5. The first-order chi connectivity index (χ1) is 16.6. The van der Waals surface area contributed by atoms with Gasteiger partial charge in [0.05, 0.1) is 37.0 Å². The summed E-state index contributed by atoms with van der Waals surface area (Å²) in [5, 5.41) is 11.3. The first-order valence-corrected chi connectivity index (χ1v) is 12.3. The van der Waals surface area contributed by atoms with Crippen LogP contribution in [-0.2, 0) is 11.3 Å². The number of fused-ring (bicyclic) bond motifs is 1. The summed E-state index contributed by atoms with van der Waals surface area (Å²) in [6.07, 6.45) is 1.81. The maximum Gasteiger partial charge on any atom is 0.273 e. The van der Waals surface area contributed by atoms with Crippen molar-refractivity contribution in [3.63, 3.8) is 0 Å². The summed E-state index contributed by atoms with van der Waals surface area (Å²) < 4.78 is 7.43. The van der Waals surface area contributed by atoms with E-state index >= 15 is 0 Å². The molecule has 2 N–H and O–H groups in total. The van der Waals surface area contributed by atoms with E-state index in [1.165, 1.54) is 11.3 Å². The van der Waals surface area contributed by atoms with Crippen LogP contribution in [0.15, 0.2) is 34.4 Å². The molecule has 1 atom stereocenters. The average molecular weight is 479 g/mol. The fraction of sp³-hybridized carbons (Fsp3) is 0.417. The number of rotatable bonds is 4. The van der Waals surface area contributed by atoms with Crippen molar-refractivity contribution in [1.29, 1.82) is 5.26 Å². The second-order valence-electron chi connectivity index (χ2n) is 8.65. The largest absolute Gasteiger partial charge is 0.378 e. The van der Waals surface area contributed by atoms with E-state index in [4.69, 9.17) is 15.5 Å². The summed E-state index contributed by atoms with van der Waals surface area (Å²) in [4.78, 5) is 35.7. The maximum atomic E-state index is 13.7. The molecule has 1 amide bonds. The van der Waals surface area contributed by atoms with Gasteiger partial charge in [0.15, 0.2) is 0 Å². The Morgan fingerprint density at radius 2 is 2.06 bits per heavy atom. The van der Waals surface area contributed by atoms with Crippen LogP contribution in [-0.4, -0.2) is 65.8 Å². The van der Waals surface area contributed by atoms with Crippen LogP contribution in [0.25, 0.3) is 10.2 Å². The van der Waals surface area contributed by atoms with Crippen molar-refractivity contribution < 1.29 is 9.53 Å². The Labute approximate surface area is 201 Å². The van der Waals surface area contributed by atoms with Crippen LogP contribution in [0.4, 0.5) is 5.95 Å². The molecule has 2 saturated heterocycles. The summed E-state index contributed by atoms with van der Waals surface area (Å²) in [5.74, 6) is 0.366. The number of anilines is 1. The second kappa shape index (κ2) is 9.54. The highest BCUT2D eigenvalue weighted by Gasteiger charge is 2.27. The van der Waals surface area contributed by atoms with Crippen LogP contribution in [0.3, 0.4) is 0 Å². The number of nitriles is 1. The molecule has 2 fully saturated rings. The number of carbonyl (C=O) groups is 1. The monoisotopic (exact) mass is 478 g/mol. The predicted molar refractivity (Wildman–Crippen MR) is 130 cm³/mol. The second-order valence-corrected chi connectivity index (χ2v) is 9.53. The quantitative estimate of drug-likeness (QED) is 0.607. The van der Waals surface area contributed by atoms with Crippen LogP contribution in [0, 0.1) is 11.3 Å². The van der Waals surface area contributed by atoms with E-state index in [9.17, 15) is 14.9 Å². The third kappa shape index (κ3) is 4.18. The zero-order chi connectivity index (χ0) is 23.7. The molecule has 4 heterocycles. The Bertz CT molecular complexity index is 1320. The van der Waals surface area contributed by atoms with Crippen molar-refractivity contribution >= 4 is 33.4 Å². The minimum Gasteiger partial charge on any atom is -0.378 e. The number of amides is 1. The van der Waals surface area contributed by atoms with Gasteiger partial charge in [-0.05, 0) is 24.5 Å². The first kappa shape index (κ1) is 22.5. The maximum absolute atomic E-state index is 13.7. The minimum atomic E-state index is -0.210. The molecule has 1 unspecified atom stereocenters. The number of piperidine rings is 1. The summed E-state index contributed by atoms with van der Waals surface area (Å²) in [6.45, 7) is 3.57. The zero-order valence-electron chi connectivity index (χ0n) is 18.8. The summed E-state index contributed by atoms with van der Waals surface area (Å²) in [6, 6.07) is 9.44. The van der Waals surface area contributed by atoms with Crippen LogP contribution >= 0.6 is 11.3 Å². The van der Waals surface area contributed by atoms with Gasteiger partial charge < -0.3 is 20.3 Å². The first-order valence-electron chi connectivity index (χ1n) is 11.4. The normalized spacial score (nSPS) is 18.8. The van der Waals surface area contributed by atoms with Gasteiger partial charge in [-0.3, -0.25) is 14.2 Å². The molecule has 9 nitrogen and oxygen atoms in total. The zero-order valence-corrected chi connectivity index (χ0v) is 19.6. The fourth-order valence-corrected chi connectivity index (χ4v) is 5.52. The van der Waals surface area contributed by atoms with Crippen molar-refractivity contribution in [2.45, 2.75) is 25.4 Å². The number of benzene rings is 1. The lowest BCUT2D eigenvalue weighted by Gasteiger charge is -2.33. The third-order valence-electron chi connectivity index (χ3n) is 6.39. The Hall–Kier alpha value is -3.26. The van der Waals surface area contributed by atoms with Crippen LogP contribution in [0.5, 0.6) is 0 Å². The van der Waals surface area contributed by atoms with E-state index in [1.807, 2.05) is 17.0 Å². The Balaban J connectivity index is 1.64. The van der Waals surface area contributed by atoms with E-state index in [0.717, 1.165) is 24.9 Å². The van der Waals surface area contributed by atoms with Crippen LogP contribution < -0.4 is 16.2 Å².